The van der Waals surface area contributed by atoms with E-state index in [0.717, 1.165) is 29.6 Å². The van der Waals surface area contributed by atoms with Gasteiger partial charge in [-0.1, -0.05) is 72.0 Å². The number of hydrogen-bond acceptors (Lipinski definition) is 1. The maximum Gasteiger partial charge on any atom is 0.0757 e. The third-order valence-electron chi connectivity index (χ3n) is 10.2. The molecule has 0 aromatic heterocycles. The molecular weight excluding hydrogens is 340 g/mol. The van der Waals surface area contributed by atoms with E-state index in [0.29, 0.717) is 16.7 Å². The van der Waals surface area contributed by atoms with Crippen molar-refractivity contribution in [1.82, 2.24) is 0 Å². The van der Waals surface area contributed by atoms with Crippen LogP contribution in [0.1, 0.15) is 105 Å². The van der Waals surface area contributed by atoms with Crippen LogP contribution < -0.4 is 0 Å². The first-order valence-electron chi connectivity index (χ1n) is 12.7. The third kappa shape index (κ3) is 3.32. The van der Waals surface area contributed by atoms with E-state index in [1.54, 1.807) is 5.57 Å². The normalized spacial score (nSPS) is 46.5. The summed E-state index contributed by atoms with van der Waals surface area (Å²) < 4.78 is 0. The zero-order chi connectivity index (χ0) is 20.1. The lowest BCUT2D eigenvalue weighted by atomic mass is 9.46. The predicted octanol–water partition coefficient (Wildman–Crippen LogP) is 7.39. The molecule has 0 saturated heterocycles. The Morgan fingerprint density at radius 3 is 2.54 bits per heavy atom. The fraction of sp³-hybridized carbons (Fsp3) is 0.926. The van der Waals surface area contributed by atoms with Gasteiger partial charge < -0.3 is 5.11 Å². The van der Waals surface area contributed by atoms with Crippen molar-refractivity contribution in [3.63, 3.8) is 0 Å². The maximum absolute atomic E-state index is 11.3. The molecule has 3 saturated carbocycles. The average molecular weight is 387 g/mol. The van der Waals surface area contributed by atoms with Crippen LogP contribution in [0.4, 0.5) is 0 Å². The van der Waals surface area contributed by atoms with Gasteiger partial charge in [0.05, 0.1) is 6.10 Å². The Bertz CT molecular complexity index is 591. The van der Waals surface area contributed by atoms with Crippen molar-refractivity contribution in [1.29, 1.82) is 0 Å². The van der Waals surface area contributed by atoms with Crippen LogP contribution in [-0.2, 0) is 0 Å². The quantitative estimate of drug-likeness (QED) is 0.488. The van der Waals surface area contributed by atoms with Crippen molar-refractivity contribution in [3.05, 3.63) is 11.6 Å². The molecule has 1 nitrogen and oxygen atoms in total. The Morgan fingerprint density at radius 1 is 1.00 bits per heavy atom. The SMILES string of the molecule is CC(C)CCCC(C)[C@H]1CC[C@H]2[C@@H]3[C@H](O)C=C4CCCC[C@]4(C)[C@H]3CC[C@]12C. The van der Waals surface area contributed by atoms with Gasteiger partial charge in [0.2, 0.25) is 0 Å². The van der Waals surface area contributed by atoms with Gasteiger partial charge in [-0.25, -0.2) is 0 Å². The molecule has 4 rings (SSSR count). The second kappa shape index (κ2) is 7.75. The summed E-state index contributed by atoms with van der Waals surface area (Å²) in [5.74, 6) is 4.57. The van der Waals surface area contributed by atoms with E-state index >= 15 is 0 Å². The van der Waals surface area contributed by atoms with Crippen molar-refractivity contribution in [2.24, 2.45) is 46.3 Å². The molecule has 8 atom stereocenters. The summed E-state index contributed by atoms with van der Waals surface area (Å²) in [4.78, 5) is 0. The van der Waals surface area contributed by atoms with Crippen molar-refractivity contribution in [2.45, 2.75) is 111 Å². The van der Waals surface area contributed by atoms with Crippen LogP contribution in [0.15, 0.2) is 11.6 Å². The molecule has 3 fully saturated rings. The van der Waals surface area contributed by atoms with E-state index in [-0.39, 0.29) is 6.10 Å². The molecule has 0 amide bonds. The van der Waals surface area contributed by atoms with Gasteiger partial charge >= 0.3 is 0 Å². The number of hydrogen-bond donors (Lipinski definition) is 1. The first-order valence-corrected chi connectivity index (χ1v) is 12.7. The molecule has 28 heavy (non-hydrogen) atoms. The number of aliphatic hydroxyl groups excluding tert-OH is 1. The molecule has 0 aromatic carbocycles. The molecule has 1 heteroatoms. The summed E-state index contributed by atoms with van der Waals surface area (Å²) in [5, 5.41) is 11.3. The minimum Gasteiger partial charge on any atom is -0.389 e. The van der Waals surface area contributed by atoms with E-state index in [1.165, 1.54) is 70.6 Å². The molecule has 0 bridgehead atoms. The topological polar surface area (TPSA) is 20.2 Å². The van der Waals surface area contributed by atoms with Gasteiger partial charge in [-0.3, -0.25) is 0 Å². The van der Waals surface area contributed by atoms with Gasteiger partial charge in [-0.2, -0.15) is 0 Å². The van der Waals surface area contributed by atoms with Gasteiger partial charge in [0.15, 0.2) is 0 Å². The van der Waals surface area contributed by atoms with E-state index in [4.69, 9.17) is 0 Å². The van der Waals surface area contributed by atoms with Crippen LogP contribution in [-0.4, -0.2) is 11.2 Å². The van der Waals surface area contributed by atoms with Crippen LogP contribution in [0.25, 0.3) is 0 Å². The van der Waals surface area contributed by atoms with E-state index in [2.05, 4.69) is 40.7 Å². The standard InChI is InChI=1S/C27H46O/c1-18(2)9-8-10-19(3)21-12-13-22-25-23(14-16-27(21,22)5)26(4)15-7-6-11-20(26)17-24(25)28/h17-19,21-25,28H,6-16H2,1-5H3/t19?,21-,22+,23+,24-,25+,26+,27-/m1/s1. The molecule has 1 unspecified atom stereocenters. The molecular formula is C27H46O. The molecule has 0 spiro atoms. The Balaban J connectivity index is 1.53. The zero-order valence-electron chi connectivity index (χ0n) is 19.3. The zero-order valence-corrected chi connectivity index (χ0v) is 19.3. The maximum atomic E-state index is 11.3. The fourth-order valence-electron chi connectivity index (χ4n) is 8.71. The molecule has 4 aliphatic rings. The van der Waals surface area contributed by atoms with Crippen LogP contribution in [0.2, 0.25) is 0 Å². The highest BCUT2D eigenvalue weighted by atomic mass is 16.3. The molecule has 0 heterocycles. The van der Waals surface area contributed by atoms with E-state index in [9.17, 15) is 5.11 Å². The lowest BCUT2D eigenvalue weighted by Crippen LogP contribution is -2.54. The van der Waals surface area contributed by atoms with Gasteiger partial charge in [0.25, 0.3) is 0 Å². The minimum absolute atomic E-state index is 0.175. The summed E-state index contributed by atoms with van der Waals surface area (Å²) in [6.45, 7) is 12.4. The third-order valence-corrected chi connectivity index (χ3v) is 10.2. The van der Waals surface area contributed by atoms with E-state index in [1.807, 2.05) is 0 Å². The van der Waals surface area contributed by atoms with Crippen LogP contribution in [0.5, 0.6) is 0 Å². The van der Waals surface area contributed by atoms with Crippen molar-refractivity contribution in [3.8, 4) is 0 Å². The lowest BCUT2D eigenvalue weighted by Gasteiger charge is -2.59. The Hall–Kier alpha value is -0.300. The molecule has 160 valence electrons. The minimum atomic E-state index is -0.175. The highest BCUT2D eigenvalue weighted by molar-refractivity contribution is 5.27. The monoisotopic (exact) mass is 386 g/mol. The average Bonchev–Trinajstić information content (AvgIpc) is 2.99. The largest absolute Gasteiger partial charge is 0.389 e. The van der Waals surface area contributed by atoms with Crippen LogP contribution >= 0.6 is 0 Å². The van der Waals surface area contributed by atoms with E-state index < -0.39 is 0 Å². The molecule has 0 aromatic rings. The molecule has 4 aliphatic carbocycles. The van der Waals surface area contributed by atoms with Gasteiger partial charge in [-0.15, -0.1) is 0 Å². The van der Waals surface area contributed by atoms with Crippen molar-refractivity contribution < 1.29 is 5.11 Å². The summed E-state index contributed by atoms with van der Waals surface area (Å²) in [6.07, 6.45) is 17.2. The van der Waals surface area contributed by atoms with Crippen LogP contribution in [0, 0.1) is 46.3 Å². The molecule has 1 N–H and O–H groups in total. The first kappa shape index (κ1) is 21.0. The predicted molar refractivity (Wildman–Crippen MR) is 119 cm³/mol. The van der Waals surface area contributed by atoms with Gasteiger partial charge in [-0.05, 0) is 91.3 Å². The second-order valence-corrected chi connectivity index (χ2v) is 12.1. The Morgan fingerprint density at radius 2 is 1.79 bits per heavy atom. The Kier molecular flexibility index (Phi) is 5.80. The fourth-order valence-corrected chi connectivity index (χ4v) is 8.71. The summed E-state index contributed by atoms with van der Waals surface area (Å²) in [7, 11) is 0. The molecule has 0 aliphatic heterocycles. The van der Waals surface area contributed by atoms with Gasteiger partial charge in [0.1, 0.15) is 0 Å². The highest BCUT2D eigenvalue weighted by Crippen LogP contribution is 2.67. The Labute approximate surface area is 174 Å². The summed E-state index contributed by atoms with van der Waals surface area (Å²) >= 11 is 0. The number of allylic oxidation sites excluding steroid dienone is 1. The van der Waals surface area contributed by atoms with Crippen molar-refractivity contribution >= 4 is 0 Å². The second-order valence-electron chi connectivity index (χ2n) is 12.1. The summed E-state index contributed by atoms with van der Waals surface area (Å²) in [5.41, 5.74) is 2.48. The number of fused-ring (bicyclic) bond motifs is 5. The first-order chi connectivity index (χ1) is 13.3. The number of aliphatic hydroxyl groups is 1. The molecule has 0 radical (unpaired) electrons. The smallest absolute Gasteiger partial charge is 0.0757 e. The van der Waals surface area contributed by atoms with Crippen molar-refractivity contribution in [2.75, 3.05) is 0 Å². The summed E-state index contributed by atoms with van der Waals surface area (Å²) in [6, 6.07) is 0. The van der Waals surface area contributed by atoms with Gasteiger partial charge in [0, 0.05) is 0 Å². The highest BCUT2D eigenvalue weighted by Gasteiger charge is 2.60. The lowest BCUT2D eigenvalue weighted by molar-refractivity contribution is -0.0922. The van der Waals surface area contributed by atoms with Crippen LogP contribution in [0.3, 0.4) is 0 Å². The number of rotatable bonds is 5.